The van der Waals surface area contributed by atoms with Gasteiger partial charge in [-0.05, 0) is 61.9 Å². The first-order valence-electron chi connectivity index (χ1n) is 9.22. The van der Waals surface area contributed by atoms with Crippen LogP contribution in [0.15, 0.2) is 41.3 Å². The van der Waals surface area contributed by atoms with E-state index in [0.717, 1.165) is 30.6 Å². The Morgan fingerprint density at radius 1 is 1.12 bits per heavy atom. The molecule has 138 valence electrons. The minimum Gasteiger partial charge on any atom is -0.489 e. The molecule has 0 saturated heterocycles. The summed E-state index contributed by atoms with van der Waals surface area (Å²) in [6, 6.07) is 11.1. The van der Waals surface area contributed by atoms with Gasteiger partial charge in [-0.1, -0.05) is 29.8 Å². The maximum atomic E-state index is 12.4. The Morgan fingerprint density at radius 2 is 1.85 bits per heavy atom. The molecule has 5 heteroatoms. The molecule has 0 unspecified atom stereocenters. The third-order valence-corrected chi connectivity index (χ3v) is 6.67. The van der Waals surface area contributed by atoms with Crippen molar-refractivity contribution < 1.29 is 17.3 Å². The molecular formula is C21H24O4S. The van der Waals surface area contributed by atoms with Gasteiger partial charge in [0.15, 0.2) is 0 Å². The van der Waals surface area contributed by atoms with Crippen LogP contribution < -0.4 is 4.74 Å². The van der Waals surface area contributed by atoms with Crippen molar-refractivity contribution in [3.63, 3.8) is 0 Å². The fourth-order valence-electron chi connectivity index (χ4n) is 3.96. The molecule has 0 spiro atoms. The summed E-state index contributed by atoms with van der Waals surface area (Å²) in [4.78, 5) is 0.198. The van der Waals surface area contributed by atoms with Crippen LogP contribution in [-0.4, -0.2) is 20.6 Å². The van der Waals surface area contributed by atoms with Gasteiger partial charge >= 0.3 is 0 Å². The molecule has 1 aliphatic carbocycles. The quantitative estimate of drug-likeness (QED) is 0.745. The lowest BCUT2D eigenvalue weighted by Gasteiger charge is -2.18. The summed E-state index contributed by atoms with van der Waals surface area (Å²) in [6.07, 6.45) is 4.31. The molecule has 0 amide bonds. The normalized spacial score (nSPS) is 19.7. The zero-order chi connectivity index (χ0) is 18.3. The Bertz CT molecular complexity index is 916. The van der Waals surface area contributed by atoms with E-state index < -0.39 is 16.2 Å². The van der Waals surface area contributed by atoms with Crippen LogP contribution in [0.1, 0.15) is 42.0 Å². The lowest BCUT2D eigenvalue weighted by molar-refractivity contribution is 0.138. The summed E-state index contributed by atoms with van der Waals surface area (Å²) >= 11 is 0. The van der Waals surface area contributed by atoms with Gasteiger partial charge in [-0.2, -0.15) is 8.42 Å². The van der Waals surface area contributed by atoms with Crippen LogP contribution in [0.25, 0.3) is 0 Å². The van der Waals surface area contributed by atoms with Crippen LogP contribution in [0.2, 0.25) is 0 Å². The van der Waals surface area contributed by atoms with Gasteiger partial charge in [-0.3, -0.25) is 4.18 Å². The van der Waals surface area contributed by atoms with Crippen molar-refractivity contribution in [3.05, 3.63) is 58.7 Å². The molecule has 2 aliphatic rings. The van der Waals surface area contributed by atoms with Gasteiger partial charge in [-0.15, -0.1) is 0 Å². The van der Waals surface area contributed by atoms with E-state index in [9.17, 15) is 8.42 Å². The molecule has 0 aromatic heterocycles. The fourth-order valence-corrected chi connectivity index (χ4v) is 5.05. The second kappa shape index (κ2) is 6.71. The summed E-state index contributed by atoms with van der Waals surface area (Å²) in [7, 11) is -3.75. The summed E-state index contributed by atoms with van der Waals surface area (Å²) < 4.78 is 36.5. The van der Waals surface area contributed by atoms with Crippen LogP contribution >= 0.6 is 0 Å². The molecular weight excluding hydrogens is 348 g/mol. The molecule has 0 radical (unpaired) electrons. The van der Waals surface area contributed by atoms with Crippen LogP contribution in [0.5, 0.6) is 5.75 Å². The molecule has 2 aromatic carbocycles. The maximum Gasteiger partial charge on any atom is 0.297 e. The number of rotatable bonds is 5. The standard InChI is InChI=1S/C21H24O4S/c1-14-6-10-19(11-7-14)26(22,23)25-15(2)12-18-13-17-9-8-16-4-3-5-20(16)21(17)24-18/h6-11,15,18H,3-5,12-13H2,1-2H3/t15-,18-/m0/s1. The van der Waals surface area contributed by atoms with Gasteiger partial charge in [0.05, 0.1) is 11.0 Å². The second-order valence-electron chi connectivity index (χ2n) is 7.40. The van der Waals surface area contributed by atoms with Crippen LogP contribution in [0.4, 0.5) is 0 Å². The van der Waals surface area contributed by atoms with E-state index >= 15 is 0 Å². The van der Waals surface area contributed by atoms with E-state index in [4.69, 9.17) is 8.92 Å². The monoisotopic (exact) mass is 372 g/mol. The fraction of sp³-hybridized carbons (Fsp3) is 0.429. The minimum absolute atomic E-state index is 0.0275. The lowest BCUT2D eigenvalue weighted by atomic mass is 10.0. The highest BCUT2D eigenvalue weighted by Crippen LogP contribution is 2.39. The molecule has 2 aromatic rings. The van der Waals surface area contributed by atoms with E-state index in [0.29, 0.717) is 6.42 Å². The first-order valence-corrected chi connectivity index (χ1v) is 10.6. The number of ether oxygens (including phenoxy) is 1. The van der Waals surface area contributed by atoms with Gasteiger partial charge in [0, 0.05) is 12.8 Å². The van der Waals surface area contributed by atoms with E-state index in [1.807, 2.05) is 6.92 Å². The average Bonchev–Trinajstić information content (AvgIpc) is 3.19. The predicted molar refractivity (Wildman–Crippen MR) is 100 cm³/mol. The predicted octanol–water partition coefficient (Wildman–Crippen LogP) is 3.97. The number of hydrogen-bond acceptors (Lipinski definition) is 4. The van der Waals surface area contributed by atoms with Crippen molar-refractivity contribution in [2.75, 3.05) is 0 Å². The smallest absolute Gasteiger partial charge is 0.297 e. The first kappa shape index (κ1) is 17.6. The van der Waals surface area contributed by atoms with Gasteiger partial charge < -0.3 is 4.74 Å². The first-order chi connectivity index (χ1) is 12.4. The molecule has 26 heavy (non-hydrogen) atoms. The lowest BCUT2D eigenvalue weighted by Crippen LogP contribution is -2.24. The second-order valence-corrected chi connectivity index (χ2v) is 8.97. The van der Waals surface area contributed by atoms with Crippen molar-refractivity contribution in [1.29, 1.82) is 0 Å². The molecule has 1 heterocycles. The molecule has 0 bridgehead atoms. The molecule has 1 aliphatic heterocycles. The summed E-state index contributed by atoms with van der Waals surface area (Å²) in [5, 5.41) is 0. The van der Waals surface area contributed by atoms with Crippen molar-refractivity contribution in [2.45, 2.75) is 63.1 Å². The summed E-state index contributed by atoms with van der Waals surface area (Å²) in [5.41, 5.74) is 5.01. The largest absolute Gasteiger partial charge is 0.489 e. The molecule has 0 N–H and O–H groups in total. The summed E-state index contributed by atoms with van der Waals surface area (Å²) in [5.74, 6) is 1.04. The van der Waals surface area contributed by atoms with Gasteiger partial charge in [0.2, 0.25) is 0 Å². The zero-order valence-electron chi connectivity index (χ0n) is 15.2. The minimum atomic E-state index is -3.75. The van der Waals surface area contributed by atoms with Crippen molar-refractivity contribution >= 4 is 10.1 Å². The van der Waals surface area contributed by atoms with Crippen LogP contribution in [0.3, 0.4) is 0 Å². The van der Waals surface area contributed by atoms with Crippen molar-refractivity contribution in [3.8, 4) is 5.75 Å². The van der Waals surface area contributed by atoms with Crippen LogP contribution in [-0.2, 0) is 33.6 Å². The van der Waals surface area contributed by atoms with E-state index in [1.165, 1.54) is 23.1 Å². The maximum absolute atomic E-state index is 12.4. The Hall–Kier alpha value is -1.85. The SMILES string of the molecule is Cc1ccc(S(=O)(=O)O[C@@H](C)C[C@H]2Cc3ccc4c(c3O2)CCC4)cc1. The summed E-state index contributed by atoms with van der Waals surface area (Å²) in [6.45, 7) is 3.72. The van der Waals surface area contributed by atoms with Gasteiger partial charge in [0.1, 0.15) is 11.9 Å². The Balaban J connectivity index is 1.41. The molecule has 4 nitrogen and oxygen atoms in total. The highest BCUT2D eigenvalue weighted by Gasteiger charge is 2.30. The Kier molecular flexibility index (Phi) is 4.53. The molecule has 4 rings (SSSR count). The average molecular weight is 372 g/mol. The van der Waals surface area contributed by atoms with Gasteiger partial charge in [-0.25, -0.2) is 0 Å². The number of aryl methyl sites for hydroxylation is 2. The molecule has 0 saturated carbocycles. The van der Waals surface area contributed by atoms with Gasteiger partial charge in [0.25, 0.3) is 10.1 Å². The van der Waals surface area contributed by atoms with Crippen molar-refractivity contribution in [1.82, 2.24) is 0 Å². The highest BCUT2D eigenvalue weighted by molar-refractivity contribution is 7.86. The Labute approximate surface area is 155 Å². The number of fused-ring (bicyclic) bond motifs is 3. The van der Waals surface area contributed by atoms with E-state index in [-0.39, 0.29) is 11.0 Å². The van der Waals surface area contributed by atoms with Crippen LogP contribution in [0, 0.1) is 6.92 Å². The number of hydrogen-bond donors (Lipinski definition) is 0. The Morgan fingerprint density at radius 3 is 2.62 bits per heavy atom. The molecule has 0 fully saturated rings. The number of benzene rings is 2. The third kappa shape index (κ3) is 3.38. The van der Waals surface area contributed by atoms with Crippen molar-refractivity contribution in [2.24, 2.45) is 0 Å². The zero-order valence-corrected chi connectivity index (χ0v) is 16.0. The third-order valence-electron chi connectivity index (χ3n) is 5.24. The van der Waals surface area contributed by atoms with E-state index in [2.05, 4.69) is 12.1 Å². The highest BCUT2D eigenvalue weighted by atomic mass is 32.2. The van der Waals surface area contributed by atoms with E-state index in [1.54, 1.807) is 31.2 Å². The molecule has 2 atom stereocenters. The topological polar surface area (TPSA) is 52.6 Å².